The molecule has 0 unspecified atom stereocenters. The Morgan fingerprint density at radius 3 is 2.79 bits per heavy atom. The first-order valence-electron chi connectivity index (χ1n) is 6.12. The van der Waals surface area contributed by atoms with Gasteiger partial charge in [-0.3, -0.25) is 0 Å². The molecule has 0 aromatic carbocycles. The molecular weight excluding hydrogens is 248 g/mol. The van der Waals surface area contributed by atoms with Crippen molar-refractivity contribution >= 4 is 17.0 Å². The molecule has 2 aromatic heterocycles. The average Bonchev–Trinajstić information content (AvgIpc) is 2.92. The maximum Gasteiger partial charge on any atom is 0.165 e. The Balaban J connectivity index is 2.07. The lowest BCUT2D eigenvalue weighted by Gasteiger charge is -2.21. The van der Waals surface area contributed by atoms with Gasteiger partial charge in [0.15, 0.2) is 11.5 Å². The van der Waals surface area contributed by atoms with Gasteiger partial charge in [-0.25, -0.2) is 15.0 Å². The van der Waals surface area contributed by atoms with Gasteiger partial charge in [0.05, 0.1) is 24.6 Å². The highest BCUT2D eigenvalue weighted by atomic mass is 16.3. The molecule has 0 aliphatic heterocycles. The van der Waals surface area contributed by atoms with Crippen molar-refractivity contribution in [3.05, 3.63) is 12.7 Å². The molecule has 1 saturated carbocycles. The maximum absolute atomic E-state index is 10.3. The number of fused-ring (bicyclic) bond motifs is 1. The first kappa shape index (κ1) is 12.3. The zero-order valence-corrected chi connectivity index (χ0v) is 10.2. The smallest absolute Gasteiger partial charge is 0.165 e. The van der Waals surface area contributed by atoms with Gasteiger partial charge < -0.3 is 26.2 Å². The summed E-state index contributed by atoms with van der Waals surface area (Å²) >= 11 is 0. The second-order valence-electron chi connectivity index (χ2n) is 4.86. The summed E-state index contributed by atoms with van der Waals surface area (Å²) in [5, 5.41) is 20.4. The van der Waals surface area contributed by atoms with E-state index in [1.807, 2.05) is 0 Å². The summed E-state index contributed by atoms with van der Waals surface area (Å²) in [7, 11) is 0. The second-order valence-corrected chi connectivity index (χ2v) is 4.86. The summed E-state index contributed by atoms with van der Waals surface area (Å²) in [5.41, 5.74) is 12.3. The van der Waals surface area contributed by atoms with Gasteiger partial charge in [-0.2, -0.15) is 0 Å². The summed E-state index contributed by atoms with van der Waals surface area (Å²) in [6, 6.07) is -0.507. The monoisotopic (exact) mass is 264 g/mol. The molecule has 8 heteroatoms. The molecule has 102 valence electrons. The average molecular weight is 264 g/mol. The van der Waals surface area contributed by atoms with Crippen molar-refractivity contribution in [3.8, 4) is 0 Å². The molecule has 2 aromatic rings. The van der Waals surface area contributed by atoms with Crippen LogP contribution in [0, 0.1) is 5.92 Å². The Morgan fingerprint density at radius 2 is 2.11 bits per heavy atom. The lowest BCUT2D eigenvalue weighted by atomic mass is 10.1. The fourth-order valence-corrected chi connectivity index (χ4v) is 2.77. The van der Waals surface area contributed by atoms with Crippen molar-refractivity contribution in [1.82, 2.24) is 19.5 Å². The van der Waals surface area contributed by atoms with E-state index in [4.69, 9.17) is 11.5 Å². The molecule has 1 fully saturated rings. The first-order valence-corrected chi connectivity index (χ1v) is 6.12. The van der Waals surface area contributed by atoms with Crippen molar-refractivity contribution in [2.24, 2.45) is 11.7 Å². The quantitative estimate of drug-likeness (QED) is 0.526. The van der Waals surface area contributed by atoms with E-state index in [0.29, 0.717) is 24.1 Å². The van der Waals surface area contributed by atoms with E-state index in [0.717, 1.165) is 0 Å². The van der Waals surface area contributed by atoms with Crippen LogP contribution in [0.5, 0.6) is 0 Å². The SMILES string of the molecule is NC[C@H]1C[C@@H](O)[C@H](n2cnc3c(N)ncnc32)[C@H]1O. The number of aliphatic hydroxyl groups is 2. The topological polar surface area (TPSA) is 136 Å². The molecule has 19 heavy (non-hydrogen) atoms. The first-order chi connectivity index (χ1) is 9.13. The number of hydrogen-bond donors (Lipinski definition) is 4. The van der Waals surface area contributed by atoms with Crippen molar-refractivity contribution < 1.29 is 10.2 Å². The van der Waals surface area contributed by atoms with Crippen molar-refractivity contribution in [2.75, 3.05) is 12.3 Å². The van der Waals surface area contributed by atoms with E-state index in [1.165, 1.54) is 12.7 Å². The minimum absolute atomic E-state index is 0.128. The molecule has 3 rings (SSSR count). The van der Waals surface area contributed by atoms with E-state index in [2.05, 4.69) is 15.0 Å². The number of nitrogens with two attached hydrogens (primary N) is 2. The summed E-state index contributed by atoms with van der Waals surface area (Å²) < 4.78 is 1.65. The van der Waals surface area contributed by atoms with Crippen LogP contribution in [0.3, 0.4) is 0 Å². The van der Waals surface area contributed by atoms with Gasteiger partial charge in [-0.05, 0) is 13.0 Å². The number of nitrogens with zero attached hydrogens (tertiary/aromatic N) is 4. The predicted molar refractivity (Wildman–Crippen MR) is 67.9 cm³/mol. The fraction of sp³-hybridized carbons (Fsp3) is 0.545. The fourth-order valence-electron chi connectivity index (χ4n) is 2.77. The summed E-state index contributed by atoms with van der Waals surface area (Å²) in [5.74, 6) is 0.151. The molecule has 0 bridgehead atoms. The van der Waals surface area contributed by atoms with Crippen LogP contribution in [-0.2, 0) is 0 Å². The Hall–Kier alpha value is -1.77. The zero-order valence-electron chi connectivity index (χ0n) is 10.2. The highest BCUT2D eigenvalue weighted by Gasteiger charge is 2.42. The minimum atomic E-state index is -0.728. The van der Waals surface area contributed by atoms with Gasteiger partial charge in [0.2, 0.25) is 0 Å². The van der Waals surface area contributed by atoms with Gasteiger partial charge in [-0.1, -0.05) is 0 Å². The van der Waals surface area contributed by atoms with Gasteiger partial charge in [0.1, 0.15) is 11.8 Å². The van der Waals surface area contributed by atoms with E-state index >= 15 is 0 Å². The van der Waals surface area contributed by atoms with Gasteiger partial charge in [0, 0.05) is 5.92 Å². The molecule has 0 amide bonds. The summed E-state index contributed by atoms with van der Waals surface area (Å²) in [6.45, 7) is 0.332. The van der Waals surface area contributed by atoms with Crippen LogP contribution in [0.15, 0.2) is 12.7 Å². The second kappa shape index (κ2) is 4.41. The van der Waals surface area contributed by atoms with E-state index in [-0.39, 0.29) is 11.7 Å². The molecule has 4 atom stereocenters. The maximum atomic E-state index is 10.3. The lowest BCUT2D eigenvalue weighted by Crippen LogP contribution is -2.30. The van der Waals surface area contributed by atoms with Crippen molar-refractivity contribution in [2.45, 2.75) is 24.7 Å². The van der Waals surface area contributed by atoms with E-state index in [1.54, 1.807) is 4.57 Å². The summed E-state index contributed by atoms with van der Waals surface area (Å²) in [4.78, 5) is 12.1. The molecule has 1 aliphatic rings. The minimum Gasteiger partial charge on any atom is -0.391 e. The molecule has 2 heterocycles. The number of anilines is 1. The number of nitrogen functional groups attached to an aromatic ring is 1. The normalized spacial score (nSPS) is 31.1. The summed E-state index contributed by atoms with van der Waals surface area (Å²) in [6.07, 6.45) is 1.91. The van der Waals surface area contributed by atoms with Gasteiger partial charge in [-0.15, -0.1) is 0 Å². The highest BCUT2D eigenvalue weighted by Crippen LogP contribution is 2.36. The third-order valence-electron chi connectivity index (χ3n) is 3.78. The van der Waals surface area contributed by atoms with Crippen LogP contribution in [0.2, 0.25) is 0 Å². The number of aliphatic hydroxyl groups excluding tert-OH is 2. The third kappa shape index (κ3) is 1.76. The van der Waals surface area contributed by atoms with Crippen LogP contribution in [-0.4, -0.2) is 48.5 Å². The Kier molecular flexibility index (Phi) is 2.85. The van der Waals surface area contributed by atoms with Crippen LogP contribution in [0.4, 0.5) is 5.82 Å². The lowest BCUT2D eigenvalue weighted by molar-refractivity contribution is 0.0629. The van der Waals surface area contributed by atoms with Crippen LogP contribution >= 0.6 is 0 Å². The zero-order chi connectivity index (χ0) is 13.6. The molecule has 0 saturated heterocycles. The molecule has 1 aliphatic carbocycles. The molecule has 8 nitrogen and oxygen atoms in total. The van der Waals surface area contributed by atoms with Crippen LogP contribution in [0.25, 0.3) is 11.2 Å². The molecule has 0 radical (unpaired) electrons. The van der Waals surface area contributed by atoms with Gasteiger partial charge in [0.25, 0.3) is 0 Å². The van der Waals surface area contributed by atoms with Crippen LogP contribution in [0.1, 0.15) is 12.5 Å². The Morgan fingerprint density at radius 1 is 1.32 bits per heavy atom. The van der Waals surface area contributed by atoms with Crippen molar-refractivity contribution in [1.29, 1.82) is 0 Å². The Bertz CT molecular complexity index is 600. The molecular formula is C11H16N6O2. The highest BCUT2D eigenvalue weighted by molar-refractivity contribution is 5.81. The van der Waals surface area contributed by atoms with Gasteiger partial charge >= 0.3 is 0 Å². The molecule has 0 spiro atoms. The predicted octanol–water partition coefficient (Wildman–Crippen LogP) is -1.35. The molecule has 6 N–H and O–H groups in total. The van der Waals surface area contributed by atoms with E-state index < -0.39 is 18.2 Å². The number of aromatic nitrogens is 4. The largest absolute Gasteiger partial charge is 0.391 e. The Labute approximate surface area is 109 Å². The number of rotatable bonds is 2. The number of hydrogen-bond acceptors (Lipinski definition) is 7. The standard InChI is InChI=1S/C11H16N6O2/c12-2-5-1-6(18)8(9(5)19)17-4-16-7-10(13)14-3-15-11(7)17/h3-6,8-9,18-19H,1-2,12H2,(H2,13,14,15)/t5-,6-,8+,9+/m1/s1. The van der Waals surface area contributed by atoms with E-state index in [9.17, 15) is 10.2 Å². The third-order valence-corrected chi connectivity index (χ3v) is 3.78. The van der Waals surface area contributed by atoms with Crippen molar-refractivity contribution in [3.63, 3.8) is 0 Å². The van der Waals surface area contributed by atoms with Crippen LogP contribution < -0.4 is 11.5 Å². The number of imidazole rings is 1.